The van der Waals surface area contributed by atoms with Gasteiger partial charge in [-0.2, -0.15) is 0 Å². The number of ether oxygens (including phenoxy) is 1. The molecule has 0 bridgehead atoms. The molecule has 0 spiro atoms. The molecule has 0 aliphatic carbocycles. The monoisotopic (exact) mass is 377 g/mol. The number of para-hydroxylation sites is 1. The Hall–Kier alpha value is -2.92. The average Bonchev–Trinajstić information content (AvgIpc) is 2.71. The molecule has 1 atom stereocenters. The molecule has 4 rings (SSSR count). The molecule has 5 heteroatoms. The minimum Gasteiger partial charge on any atom is -0.457 e. The quantitative estimate of drug-likeness (QED) is 0.645. The summed E-state index contributed by atoms with van der Waals surface area (Å²) in [6, 6.07) is 14.5. The standard InChI is InChI=1S/C23H23NO4/c1-15-20(25)18-11-6-12-19(23(26)27-17-10-7-13-24(2)14-17)22(18)28-21(15)16-8-4-3-5-9-16/h3-6,8-9,11-12,17H,7,10,13-14H2,1-2H3. The number of benzene rings is 2. The first-order valence-electron chi connectivity index (χ1n) is 9.56. The molecule has 3 aromatic rings. The molecule has 2 heterocycles. The van der Waals surface area contributed by atoms with Crippen molar-refractivity contribution in [2.24, 2.45) is 0 Å². The number of likely N-dealkylation sites (tertiary alicyclic amines) is 1. The number of hydrogen-bond donors (Lipinski definition) is 0. The van der Waals surface area contributed by atoms with E-state index in [4.69, 9.17) is 9.15 Å². The summed E-state index contributed by atoms with van der Waals surface area (Å²) in [5.74, 6) is 0.0349. The van der Waals surface area contributed by atoms with E-state index in [0.29, 0.717) is 22.3 Å². The SMILES string of the molecule is Cc1c(-c2ccccc2)oc2c(C(=O)OC3CCCN(C)C3)cccc2c1=O. The Morgan fingerprint density at radius 1 is 1.14 bits per heavy atom. The molecule has 1 aliphatic rings. The van der Waals surface area contributed by atoms with Crippen molar-refractivity contribution in [1.82, 2.24) is 4.90 Å². The van der Waals surface area contributed by atoms with Crippen LogP contribution < -0.4 is 5.43 Å². The molecule has 28 heavy (non-hydrogen) atoms. The maximum absolute atomic E-state index is 12.9. The van der Waals surface area contributed by atoms with E-state index in [1.54, 1.807) is 25.1 Å². The summed E-state index contributed by atoms with van der Waals surface area (Å²) in [5.41, 5.74) is 1.77. The Bertz CT molecular complexity index is 1070. The third-order valence-electron chi connectivity index (χ3n) is 5.26. The zero-order chi connectivity index (χ0) is 19.7. The van der Waals surface area contributed by atoms with Crippen LogP contribution in [0.4, 0.5) is 0 Å². The fourth-order valence-electron chi connectivity index (χ4n) is 3.77. The molecule has 1 unspecified atom stereocenters. The van der Waals surface area contributed by atoms with Gasteiger partial charge in [0, 0.05) is 17.7 Å². The lowest BCUT2D eigenvalue weighted by Gasteiger charge is -2.29. The highest BCUT2D eigenvalue weighted by Gasteiger charge is 2.24. The Labute approximate surface area is 163 Å². The van der Waals surface area contributed by atoms with Gasteiger partial charge in [-0.15, -0.1) is 0 Å². The number of likely N-dealkylation sites (N-methyl/N-ethyl adjacent to an activating group) is 1. The van der Waals surface area contributed by atoms with E-state index in [2.05, 4.69) is 4.90 Å². The summed E-state index contributed by atoms with van der Waals surface area (Å²) in [6.45, 7) is 3.47. The predicted molar refractivity (Wildman–Crippen MR) is 109 cm³/mol. The second kappa shape index (κ2) is 7.60. The van der Waals surface area contributed by atoms with Crippen LogP contribution in [0.2, 0.25) is 0 Å². The van der Waals surface area contributed by atoms with Gasteiger partial charge in [0.25, 0.3) is 0 Å². The van der Waals surface area contributed by atoms with E-state index < -0.39 is 5.97 Å². The highest BCUT2D eigenvalue weighted by atomic mass is 16.5. The number of hydrogen-bond acceptors (Lipinski definition) is 5. The zero-order valence-corrected chi connectivity index (χ0v) is 16.1. The average molecular weight is 377 g/mol. The zero-order valence-electron chi connectivity index (χ0n) is 16.1. The van der Waals surface area contributed by atoms with Crippen LogP contribution in [0, 0.1) is 6.92 Å². The second-order valence-corrected chi connectivity index (χ2v) is 7.37. The summed E-state index contributed by atoms with van der Waals surface area (Å²) in [7, 11) is 2.02. The Kier molecular flexibility index (Phi) is 5.01. The molecule has 1 saturated heterocycles. The van der Waals surface area contributed by atoms with E-state index in [-0.39, 0.29) is 17.1 Å². The summed E-state index contributed by atoms with van der Waals surface area (Å²) in [6.07, 6.45) is 1.70. The van der Waals surface area contributed by atoms with Crippen LogP contribution in [0.25, 0.3) is 22.3 Å². The van der Waals surface area contributed by atoms with Crippen LogP contribution in [0.5, 0.6) is 0 Å². The van der Waals surface area contributed by atoms with Crippen molar-refractivity contribution in [2.45, 2.75) is 25.9 Å². The van der Waals surface area contributed by atoms with Gasteiger partial charge in [0.05, 0.1) is 5.39 Å². The van der Waals surface area contributed by atoms with E-state index in [1.807, 2.05) is 37.4 Å². The first-order chi connectivity index (χ1) is 13.5. The van der Waals surface area contributed by atoms with Crippen LogP contribution in [-0.4, -0.2) is 37.1 Å². The van der Waals surface area contributed by atoms with Crippen LogP contribution in [0.1, 0.15) is 28.8 Å². The summed E-state index contributed by atoms with van der Waals surface area (Å²) in [4.78, 5) is 27.9. The largest absolute Gasteiger partial charge is 0.457 e. The summed E-state index contributed by atoms with van der Waals surface area (Å²) < 4.78 is 11.8. The Balaban J connectivity index is 1.78. The first kappa shape index (κ1) is 18.4. The van der Waals surface area contributed by atoms with Crippen molar-refractivity contribution >= 4 is 16.9 Å². The fourth-order valence-corrected chi connectivity index (χ4v) is 3.77. The van der Waals surface area contributed by atoms with Crippen molar-refractivity contribution in [2.75, 3.05) is 20.1 Å². The van der Waals surface area contributed by atoms with Gasteiger partial charge in [0.2, 0.25) is 0 Å². The van der Waals surface area contributed by atoms with Crippen molar-refractivity contribution in [3.05, 3.63) is 69.9 Å². The lowest BCUT2D eigenvalue weighted by Crippen LogP contribution is -2.38. The normalized spacial score (nSPS) is 17.6. The number of nitrogens with zero attached hydrogens (tertiary/aromatic N) is 1. The summed E-state index contributed by atoms with van der Waals surface area (Å²) >= 11 is 0. The Morgan fingerprint density at radius 3 is 2.68 bits per heavy atom. The first-order valence-corrected chi connectivity index (χ1v) is 9.56. The number of rotatable bonds is 3. The third-order valence-corrected chi connectivity index (χ3v) is 5.26. The molecule has 2 aromatic carbocycles. The van der Waals surface area contributed by atoms with Crippen molar-refractivity contribution in [1.29, 1.82) is 0 Å². The van der Waals surface area contributed by atoms with Crippen LogP contribution >= 0.6 is 0 Å². The molecule has 0 amide bonds. The number of carbonyl (C=O) groups is 1. The molecule has 144 valence electrons. The number of esters is 1. The van der Waals surface area contributed by atoms with Gasteiger partial charge in [-0.3, -0.25) is 4.79 Å². The van der Waals surface area contributed by atoms with Gasteiger partial charge < -0.3 is 14.1 Å². The second-order valence-electron chi connectivity index (χ2n) is 7.37. The topological polar surface area (TPSA) is 59.8 Å². The van der Waals surface area contributed by atoms with E-state index >= 15 is 0 Å². The Morgan fingerprint density at radius 2 is 1.93 bits per heavy atom. The van der Waals surface area contributed by atoms with Gasteiger partial charge in [-0.1, -0.05) is 36.4 Å². The van der Waals surface area contributed by atoms with Crippen LogP contribution in [0.15, 0.2) is 57.7 Å². The minimum absolute atomic E-state index is 0.132. The van der Waals surface area contributed by atoms with Gasteiger partial charge >= 0.3 is 5.97 Å². The molecule has 0 N–H and O–H groups in total. The minimum atomic E-state index is -0.447. The lowest BCUT2D eigenvalue weighted by atomic mass is 10.0. The van der Waals surface area contributed by atoms with Gasteiger partial charge in [-0.05, 0) is 45.5 Å². The molecule has 1 aromatic heterocycles. The van der Waals surface area contributed by atoms with Crippen molar-refractivity contribution in [3.8, 4) is 11.3 Å². The molecular formula is C23H23NO4. The van der Waals surface area contributed by atoms with E-state index in [1.165, 1.54) is 0 Å². The van der Waals surface area contributed by atoms with Crippen molar-refractivity contribution in [3.63, 3.8) is 0 Å². The molecular weight excluding hydrogens is 354 g/mol. The molecule has 0 radical (unpaired) electrons. The highest BCUT2D eigenvalue weighted by Crippen LogP contribution is 2.28. The van der Waals surface area contributed by atoms with Crippen LogP contribution in [0.3, 0.4) is 0 Å². The smallest absolute Gasteiger partial charge is 0.342 e. The number of carbonyl (C=O) groups excluding carboxylic acids is 1. The lowest BCUT2D eigenvalue weighted by molar-refractivity contribution is 0.0109. The van der Waals surface area contributed by atoms with Gasteiger partial charge in [-0.25, -0.2) is 4.79 Å². The number of fused-ring (bicyclic) bond motifs is 1. The maximum Gasteiger partial charge on any atom is 0.342 e. The molecule has 0 saturated carbocycles. The number of piperidine rings is 1. The van der Waals surface area contributed by atoms with E-state index in [9.17, 15) is 9.59 Å². The maximum atomic E-state index is 12.9. The van der Waals surface area contributed by atoms with Crippen LogP contribution in [-0.2, 0) is 4.74 Å². The molecule has 1 fully saturated rings. The highest BCUT2D eigenvalue weighted by molar-refractivity contribution is 6.02. The predicted octanol–water partition coefficient (Wildman–Crippen LogP) is 4.02. The fraction of sp³-hybridized carbons (Fsp3) is 0.304. The third kappa shape index (κ3) is 3.45. The molecule has 1 aliphatic heterocycles. The molecule has 5 nitrogen and oxygen atoms in total. The van der Waals surface area contributed by atoms with Gasteiger partial charge in [0.15, 0.2) is 11.0 Å². The summed E-state index contributed by atoms with van der Waals surface area (Å²) in [5, 5.41) is 0.396. The van der Waals surface area contributed by atoms with Gasteiger partial charge in [0.1, 0.15) is 17.4 Å². The van der Waals surface area contributed by atoms with E-state index in [0.717, 1.165) is 31.5 Å². The van der Waals surface area contributed by atoms with Crippen molar-refractivity contribution < 1.29 is 13.9 Å².